The van der Waals surface area contributed by atoms with Gasteiger partial charge in [0.2, 0.25) is 5.91 Å². The maximum Gasteiger partial charge on any atom is 0.353 e. The lowest BCUT2D eigenvalue weighted by atomic mass is 9.79. The SMILES string of the molecule is C[C@@H](O)[C@H]1C(=O)N2C(C(=O)O)=C(S[C@@H]3CN[C@@H](NC(=O)c4ccco4)C3)[C@H](C)[C@H]12. The number of aliphatic carboxylic acids is 1. The Kier molecular flexibility index (Phi) is 5.18. The summed E-state index contributed by atoms with van der Waals surface area (Å²) < 4.78 is 5.09. The fraction of sp³-hybridized carbons (Fsp3) is 0.526. The van der Waals surface area contributed by atoms with Crippen molar-refractivity contribution in [3.05, 3.63) is 34.8 Å². The van der Waals surface area contributed by atoms with Gasteiger partial charge in [-0.25, -0.2) is 4.79 Å². The van der Waals surface area contributed by atoms with Crippen molar-refractivity contribution in [3.63, 3.8) is 0 Å². The lowest BCUT2D eigenvalue weighted by molar-refractivity contribution is -0.163. The number of fused-ring (bicyclic) bond motifs is 1. The third kappa shape index (κ3) is 3.34. The average molecular weight is 421 g/mol. The number of carbonyl (C=O) groups excluding carboxylic acids is 2. The number of thioether (sulfide) groups is 1. The summed E-state index contributed by atoms with van der Waals surface area (Å²) in [5.41, 5.74) is 0.0254. The van der Waals surface area contributed by atoms with Gasteiger partial charge in [0.1, 0.15) is 5.70 Å². The first-order valence-corrected chi connectivity index (χ1v) is 10.4. The van der Waals surface area contributed by atoms with Crippen LogP contribution in [0.4, 0.5) is 0 Å². The summed E-state index contributed by atoms with van der Waals surface area (Å²) >= 11 is 1.44. The standard InChI is InChI=1S/C19H23N3O6S/c1-8-14-13(9(2)23)18(25)22(14)15(19(26)27)16(8)29-10-6-12(20-7-10)21-17(24)11-4-3-5-28-11/h3-5,8-10,12-14,20,23H,6-7H2,1-2H3,(H,21,24)(H,26,27)/t8-,9-,10+,12+,13-,14-/m1/s1. The highest BCUT2D eigenvalue weighted by molar-refractivity contribution is 8.03. The van der Waals surface area contributed by atoms with Gasteiger partial charge in [-0.2, -0.15) is 0 Å². The molecule has 0 saturated carbocycles. The van der Waals surface area contributed by atoms with E-state index in [1.165, 1.54) is 22.9 Å². The highest BCUT2D eigenvalue weighted by atomic mass is 32.2. The predicted molar refractivity (Wildman–Crippen MR) is 104 cm³/mol. The fourth-order valence-corrected chi connectivity index (χ4v) is 5.88. The van der Waals surface area contributed by atoms with Crippen molar-refractivity contribution in [2.24, 2.45) is 11.8 Å². The minimum Gasteiger partial charge on any atom is -0.477 e. The molecule has 29 heavy (non-hydrogen) atoms. The quantitative estimate of drug-likeness (QED) is 0.491. The minimum atomic E-state index is -1.13. The molecule has 0 radical (unpaired) electrons. The maximum absolute atomic E-state index is 12.4. The number of nitrogens with zero attached hydrogens (tertiary/aromatic N) is 1. The monoisotopic (exact) mass is 421 g/mol. The molecule has 2 saturated heterocycles. The number of aliphatic hydroxyl groups excluding tert-OH is 1. The molecule has 0 aliphatic carbocycles. The highest BCUT2D eigenvalue weighted by Gasteiger charge is 2.60. The lowest BCUT2D eigenvalue weighted by Gasteiger charge is -2.46. The van der Waals surface area contributed by atoms with E-state index in [0.717, 1.165) is 0 Å². The second kappa shape index (κ2) is 7.51. The van der Waals surface area contributed by atoms with Crippen LogP contribution in [0.5, 0.6) is 0 Å². The zero-order chi connectivity index (χ0) is 20.9. The topological polar surface area (TPSA) is 132 Å². The third-order valence-electron chi connectivity index (χ3n) is 5.75. The van der Waals surface area contributed by atoms with E-state index in [0.29, 0.717) is 17.9 Å². The number of amides is 2. The van der Waals surface area contributed by atoms with E-state index in [2.05, 4.69) is 10.6 Å². The number of β-lactam (4-membered cyclic amide) rings is 1. The van der Waals surface area contributed by atoms with Gasteiger partial charge in [0.25, 0.3) is 5.91 Å². The minimum absolute atomic E-state index is 0.0254. The first-order valence-electron chi connectivity index (χ1n) is 9.52. The number of rotatable bonds is 6. The van der Waals surface area contributed by atoms with E-state index in [-0.39, 0.29) is 46.6 Å². The van der Waals surface area contributed by atoms with Gasteiger partial charge in [-0.1, -0.05) is 6.92 Å². The van der Waals surface area contributed by atoms with Crippen molar-refractivity contribution in [3.8, 4) is 0 Å². The van der Waals surface area contributed by atoms with Crippen molar-refractivity contribution in [1.29, 1.82) is 0 Å². The molecule has 2 fully saturated rings. The molecule has 1 aromatic rings. The molecule has 6 atom stereocenters. The molecular formula is C19H23N3O6S. The largest absolute Gasteiger partial charge is 0.477 e. The molecular weight excluding hydrogens is 398 g/mol. The van der Waals surface area contributed by atoms with Crippen LogP contribution in [0, 0.1) is 11.8 Å². The molecule has 4 heterocycles. The number of carboxylic acids is 1. The normalized spacial score (nSPS) is 32.2. The Morgan fingerprint density at radius 3 is 2.83 bits per heavy atom. The number of carboxylic acid groups (broad SMARTS) is 1. The van der Waals surface area contributed by atoms with Crippen LogP contribution in [0.3, 0.4) is 0 Å². The number of aliphatic hydroxyl groups is 1. The van der Waals surface area contributed by atoms with Crippen LogP contribution in [0.25, 0.3) is 0 Å². The molecule has 0 unspecified atom stereocenters. The highest BCUT2D eigenvalue weighted by Crippen LogP contribution is 2.51. The predicted octanol–water partition coefficient (Wildman–Crippen LogP) is 0.584. The van der Waals surface area contributed by atoms with Crippen LogP contribution >= 0.6 is 11.8 Å². The molecule has 4 N–H and O–H groups in total. The molecule has 4 rings (SSSR count). The molecule has 0 aromatic carbocycles. The van der Waals surface area contributed by atoms with E-state index in [9.17, 15) is 24.6 Å². The molecule has 1 aromatic heterocycles. The number of furan rings is 1. The van der Waals surface area contributed by atoms with Gasteiger partial charge in [0, 0.05) is 22.6 Å². The lowest BCUT2D eigenvalue weighted by Crippen LogP contribution is -2.63. The first-order chi connectivity index (χ1) is 13.8. The third-order valence-corrected chi connectivity index (χ3v) is 7.26. The van der Waals surface area contributed by atoms with Crippen LogP contribution < -0.4 is 10.6 Å². The second-order valence-corrected chi connectivity index (χ2v) is 9.00. The van der Waals surface area contributed by atoms with Crippen molar-refractivity contribution in [2.45, 2.75) is 43.8 Å². The second-order valence-electron chi connectivity index (χ2n) is 7.66. The molecule has 0 spiro atoms. The first kappa shape index (κ1) is 20.0. The van der Waals surface area contributed by atoms with Crippen molar-refractivity contribution in [2.75, 3.05) is 6.54 Å². The smallest absolute Gasteiger partial charge is 0.353 e. The van der Waals surface area contributed by atoms with E-state index >= 15 is 0 Å². The van der Waals surface area contributed by atoms with Crippen LogP contribution in [-0.2, 0) is 9.59 Å². The van der Waals surface area contributed by atoms with Crippen LogP contribution in [0.2, 0.25) is 0 Å². The zero-order valence-corrected chi connectivity index (χ0v) is 16.8. The van der Waals surface area contributed by atoms with Crippen molar-refractivity contribution >= 4 is 29.5 Å². The van der Waals surface area contributed by atoms with Gasteiger partial charge < -0.3 is 24.8 Å². The number of carbonyl (C=O) groups is 3. The fourth-order valence-electron chi connectivity index (χ4n) is 4.40. The summed E-state index contributed by atoms with van der Waals surface area (Å²) in [6.07, 6.45) is 0.973. The molecule has 0 bridgehead atoms. The Morgan fingerprint density at radius 1 is 1.45 bits per heavy atom. The van der Waals surface area contributed by atoms with Gasteiger partial charge in [-0.15, -0.1) is 11.8 Å². The van der Waals surface area contributed by atoms with Crippen molar-refractivity contribution in [1.82, 2.24) is 15.5 Å². The number of hydrogen-bond donors (Lipinski definition) is 4. The maximum atomic E-state index is 12.4. The molecule has 156 valence electrons. The van der Waals surface area contributed by atoms with E-state index in [1.54, 1.807) is 19.1 Å². The van der Waals surface area contributed by atoms with E-state index < -0.39 is 18.0 Å². The average Bonchev–Trinajstić information content (AvgIpc) is 3.36. The summed E-state index contributed by atoms with van der Waals surface area (Å²) in [5.74, 6) is -2.28. The summed E-state index contributed by atoms with van der Waals surface area (Å²) in [4.78, 5) is 38.4. The molecule has 3 aliphatic rings. The van der Waals surface area contributed by atoms with E-state index in [1.807, 2.05) is 6.92 Å². The molecule has 2 amide bonds. The van der Waals surface area contributed by atoms with E-state index in [4.69, 9.17) is 4.42 Å². The number of nitrogens with one attached hydrogen (secondary N) is 2. The summed E-state index contributed by atoms with van der Waals surface area (Å²) in [5, 5.41) is 25.7. The van der Waals surface area contributed by atoms with Crippen LogP contribution in [0.15, 0.2) is 33.4 Å². The summed E-state index contributed by atoms with van der Waals surface area (Å²) in [6, 6.07) is 2.91. The Balaban J connectivity index is 1.44. The van der Waals surface area contributed by atoms with Gasteiger partial charge in [-0.05, 0) is 25.5 Å². The van der Waals surface area contributed by atoms with Gasteiger partial charge in [0.05, 0.1) is 30.5 Å². The van der Waals surface area contributed by atoms with Gasteiger partial charge in [0.15, 0.2) is 5.76 Å². The Hall–Kier alpha value is -2.30. The van der Waals surface area contributed by atoms with Gasteiger partial charge >= 0.3 is 5.97 Å². The molecule has 10 heteroatoms. The van der Waals surface area contributed by atoms with Crippen LogP contribution in [0.1, 0.15) is 30.8 Å². The Morgan fingerprint density at radius 2 is 2.21 bits per heavy atom. The van der Waals surface area contributed by atoms with Crippen molar-refractivity contribution < 1.29 is 29.0 Å². The Labute approximate surface area is 171 Å². The molecule has 3 aliphatic heterocycles. The molecule has 9 nitrogen and oxygen atoms in total. The van der Waals surface area contributed by atoms with Crippen LogP contribution in [-0.4, -0.2) is 63.0 Å². The zero-order valence-electron chi connectivity index (χ0n) is 16.0. The summed E-state index contributed by atoms with van der Waals surface area (Å²) in [7, 11) is 0. The Bertz CT molecular complexity index is 867. The van der Waals surface area contributed by atoms with Gasteiger partial charge in [-0.3, -0.25) is 14.9 Å². The number of hydrogen-bond acceptors (Lipinski definition) is 7. The summed E-state index contributed by atoms with van der Waals surface area (Å²) in [6.45, 7) is 4.05.